The van der Waals surface area contributed by atoms with Crippen LogP contribution in [0.25, 0.3) is 0 Å². The van der Waals surface area contributed by atoms with E-state index in [1.807, 2.05) is 0 Å². The van der Waals surface area contributed by atoms with Crippen LogP contribution in [-0.4, -0.2) is 24.5 Å². The van der Waals surface area contributed by atoms with E-state index in [-0.39, 0.29) is 23.9 Å². The van der Waals surface area contributed by atoms with E-state index in [1.54, 1.807) is 0 Å². The molecule has 0 saturated carbocycles. The van der Waals surface area contributed by atoms with E-state index in [0.29, 0.717) is 19.4 Å². The summed E-state index contributed by atoms with van der Waals surface area (Å²) >= 11 is 0. The maximum absolute atomic E-state index is 13.4. The zero-order chi connectivity index (χ0) is 13.1. The van der Waals surface area contributed by atoms with Gasteiger partial charge in [-0.05, 0) is 25.0 Å². The summed E-state index contributed by atoms with van der Waals surface area (Å²) in [5.74, 6) is -1.69. The van der Waals surface area contributed by atoms with E-state index in [1.165, 1.54) is 6.07 Å². The Balaban J connectivity index is 2.04. The Bertz CT molecular complexity index is 430. The minimum atomic E-state index is -0.697. The number of ether oxygens (including phenoxy) is 1. The van der Waals surface area contributed by atoms with Crippen molar-refractivity contribution in [3.05, 3.63) is 35.4 Å². The molecule has 1 aliphatic rings. The first kappa shape index (κ1) is 13.1. The van der Waals surface area contributed by atoms with E-state index < -0.39 is 17.7 Å². The summed E-state index contributed by atoms with van der Waals surface area (Å²) in [5.41, 5.74) is 5.25. The smallest absolute Gasteiger partial charge is 0.166 e. The monoisotopic (exact) mass is 255 g/mol. The Morgan fingerprint density at radius 1 is 1.33 bits per heavy atom. The second-order valence-corrected chi connectivity index (χ2v) is 4.40. The first-order valence-corrected chi connectivity index (χ1v) is 5.93. The summed E-state index contributed by atoms with van der Waals surface area (Å²) in [4.78, 5) is 11.9. The molecule has 2 atom stereocenters. The highest BCUT2D eigenvalue weighted by atomic mass is 19.1. The van der Waals surface area contributed by atoms with Gasteiger partial charge in [0.15, 0.2) is 5.78 Å². The molecular weight excluding hydrogens is 240 g/mol. The summed E-state index contributed by atoms with van der Waals surface area (Å²) in [6.45, 7) is 0.359. The number of benzene rings is 1. The van der Waals surface area contributed by atoms with Crippen molar-refractivity contribution in [1.82, 2.24) is 0 Å². The van der Waals surface area contributed by atoms with Gasteiger partial charge in [0.05, 0.1) is 6.10 Å². The van der Waals surface area contributed by atoms with Crippen molar-refractivity contribution in [2.75, 3.05) is 6.54 Å². The van der Waals surface area contributed by atoms with Crippen LogP contribution < -0.4 is 5.73 Å². The molecular formula is C13H15F2NO2. The Morgan fingerprint density at radius 2 is 2.00 bits per heavy atom. The second kappa shape index (κ2) is 5.54. The number of hydrogen-bond acceptors (Lipinski definition) is 3. The van der Waals surface area contributed by atoms with E-state index in [9.17, 15) is 13.6 Å². The van der Waals surface area contributed by atoms with Gasteiger partial charge in [0.25, 0.3) is 0 Å². The van der Waals surface area contributed by atoms with Gasteiger partial charge in [-0.15, -0.1) is 0 Å². The molecule has 1 aromatic rings. The van der Waals surface area contributed by atoms with E-state index >= 15 is 0 Å². The van der Waals surface area contributed by atoms with E-state index in [2.05, 4.69) is 0 Å². The Hall–Kier alpha value is -1.33. The molecule has 2 rings (SSSR count). The quantitative estimate of drug-likeness (QED) is 0.888. The highest BCUT2D eigenvalue weighted by molar-refractivity contribution is 5.85. The molecule has 0 spiro atoms. The molecule has 0 aliphatic carbocycles. The predicted octanol–water partition coefficient (Wildman–Crippen LogP) is 1.58. The Morgan fingerprint density at radius 3 is 2.56 bits per heavy atom. The minimum absolute atomic E-state index is 0.121. The molecule has 1 saturated heterocycles. The number of rotatable bonds is 4. The predicted molar refractivity (Wildman–Crippen MR) is 62.0 cm³/mol. The van der Waals surface area contributed by atoms with Crippen molar-refractivity contribution in [1.29, 1.82) is 0 Å². The third-order valence-corrected chi connectivity index (χ3v) is 3.14. The molecule has 2 unspecified atom stereocenters. The number of carbonyl (C=O) groups excluding carboxylic acids is 1. The largest absolute Gasteiger partial charge is 0.366 e. The van der Waals surface area contributed by atoms with Gasteiger partial charge in [-0.25, -0.2) is 8.78 Å². The summed E-state index contributed by atoms with van der Waals surface area (Å²) in [6.07, 6.45) is 0.297. The van der Waals surface area contributed by atoms with Crippen molar-refractivity contribution in [3.8, 4) is 0 Å². The molecule has 1 aromatic carbocycles. The van der Waals surface area contributed by atoms with Crippen LogP contribution in [0, 0.1) is 11.6 Å². The first-order valence-electron chi connectivity index (χ1n) is 5.93. The zero-order valence-electron chi connectivity index (χ0n) is 9.86. The van der Waals surface area contributed by atoms with Gasteiger partial charge < -0.3 is 10.5 Å². The van der Waals surface area contributed by atoms with Gasteiger partial charge in [-0.3, -0.25) is 4.79 Å². The third-order valence-electron chi connectivity index (χ3n) is 3.14. The summed E-state index contributed by atoms with van der Waals surface area (Å²) in [5, 5.41) is 0. The number of halogens is 2. The van der Waals surface area contributed by atoms with Crippen molar-refractivity contribution < 1.29 is 18.3 Å². The van der Waals surface area contributed by atoms with Crippen molar-refractivity contribution in [2.45, 2.75) is 31.5 Å². The lowest BCUT2D eigenvalue weighted by molar-refractivity contribution is -0.129. The van der Waals surface area contributed by atoms with Crippen molar-refractivity contribution in [3.63, 3.8) is 0 Å². The zero-order valence-corrected chi connectivity index (χ0v) is 9.86. The van der Waals surface area contributed by atoms with Gasteiger partial charge in [-0.1, -0.05) is 6.07 Å². The van der Waals surface area contributed by atoms with E-state index in [0.717, 1.165) is 12.1 Å². The fraction of sp³-hybridized carbons (Fsp3) is 0.462. The molecule has 5 heteroatoms. The molecule has 1 fully saturated rings. The van der Waals surface area contributed by atoms with Crippen LogP contribution >= 0.6 is 0 Å². The van der Waals surface area contributed by atoms with Crippen LogP contribution in [-0.2, 0) is 16.0 Å². The standard InChI is InChI=1S/C13H15F2NO2/c14-10-2-1-3-11(15)9(10)6-12(17)13-5-4-8(7-16)18-13/h1-3,8,13H,4-7,16H2. The number of hydrogen-bond donors (Lipinski definition) is 1. The van der Waals surface area contributed by atoms with Crippen LogP contribution in [0.2, 0.25) is 0 Å². The van der Waals surface area contributed by atoms with Crippen LogP contribution in [0.15, 0.2) is 18.2 Å². The van der Waals surface area contributed by atoms with Crippen molar-refractivity contribution in [2.24, 2.45) is 5.73 Å². The number of ketones is 1. The highest BCUT2D eigenvalue weighted by Crippen LogP contribution is 2.22. The summed E-state index contributed by atoms with van der Waals surface area (Å²) < 4.78 is 32.2. The fourth-order valence-electron chi connectivity index (χ4n) is 2.11. The van der Waals surface area contributed by atoms with Gasteiger partial charge in [0, 0.05) is 18.5 Å². The SMILES string of the molecule is NCC1CCC(C(=O)Cc2c(F)cccc2F)O1. The maximum Gasteiger partial charge on any atom is 0.166 e. The van der Waals surface area contributed by atoms with Gasteiger partial charge in [0.1, 0.15) is 17.7 Å². The molecule has 1 aliphatic heterocycles. The van der Waals surface area contributed by atoms with Gasteiger partial charge >= 0.3 is 0 Å². The lowest BCUT2D eigenvalue weighted by Gasteiger charge is -2.12. The van der Waals surface area contributed by atoms with Gasteiger partial charge in [-0.2, -0.15) is 0 Å². The number of carbonyl (C=O) groups is 1. The van der Waals surface area contributed by atoms with E-state index in [4.69, 9.17) is 10.5 Å². The molecule has 0 aromatic heterocycles. The third kappa shape index (κ3) is 2.73. The molecule has 2 N–H and O–H groups in total. The Labute approximate surface area is 104 Å². The lowest BCUT2D eigenvalue weighted by Crippen LogP contribution is -2.26. The van der Waals surface area contributed by atoms with Gasteiger partial charge in [0.2, 0.25) is 0 Å². The van der Waals surface area contributed by atoms with Crippen LogP contribution in [0.4, 0.5) is 8.78 Å². The molecule has 1 heterocycles. The lowest BCUT2D eigenvalue weighted by atomic mass is 10.0. The van der Waals surface area contributed by atoms with Crippen LogP contribution in [0.5, 0.6) is 0 Å². The maximum atomic E-state index is 13.4. The normalized spacial score (nSPS) is 23.3. The Kier molecular flexibility index (Phi) is 4.04. The second-order valence-electron chi connectivity index (χ2n) is 4.40. The molecule has 0 bridgehead atoms. The number of nitrogens with two attached hydrogens (primary N) is 1. The first-order chi connectivity index (χ1) is 8.61. The average Bonchev–Trinajstić information content (AvgIpc) is 2.82. The average molecular weight is 255 g/mol. The molecule has 18 heavy (non-hydrogen) atoms. The van der Waals surface area contributed by atoms with Crippen LogP contribution in [0.3, 0.4) is 0 Å². The number of Topliss-reactive ketones (excluding diaryl/α,β-unsaturated/α-hetero) is 1. The summed E-state index contributed by atoms with van der Waals surface area (Å²) in [6, 6.07) is 3.56. The highest BCUT2D eigenvalue weighted by Gasteiger charge is 2.30. The molecule has 0 amide bonds. The molecule has 98 valence electrons. The van der Waals surface area contributed by atoms with Crippen molar-refractivity contribution >= 4 is 5.78 Å². The molecule has 0 radical (unpaired) electrons. The molecule has 3 nitrogen and oxygen atoms in total. The fourth-order valence-corrected chi connectivity index (χ4v) is 2.11. The topological polar surface area (TPSA) is 52.3 Å². The van der Waals surface area contributed by atoms with Crippen LogP contribution in [0.1, 0.15) is 18.4 Å². The summed E-state index contributed by atoms with van der Waals surface area (Å²) in [7, 11) is 0. The minimum Gasteiger partial charge on any atom is -0.366 e.